The third-order valence-electron chi connectivity index (χ3n) is 4.71. The smallest absolute Gasteiger partial charge is 0.339 e. The minimum Gasteiger partial charge on any atom is -0.462 e. The van der Waals surface area contributed by atoms with Crippen molar-refractivity contribution in [2.75, 3.05) is 24.6 Å². The van der Waals surface area contributed by atoms with Crippen LogP contribution in [0.1, 0.15) is 41.8 Å². The number of esters is 1. The number of rotatable bonds is 5. The summed E-state index contributed by atoms with van der Waals surface area (Å²) in [4.78, 5) is 18.3. The lowest BCUT2D eigenvalue weighted by Crippen LogP contribution is -2.36. The number of pyridine rings is 1. The van der Waals surface area contributed by atoms with Crippen LogP contribution in [0.15, 0.2) is 48.7 Å². The molecule has 25 heavy (non-hydrogen) atoms. The van der Waals surface area contributed by atoms with E-state index in [1.54, 1.807) is 19.2 Å². The summed E-state index contributed by atoms with van der Waals surface area (Å²) in [6.45, 7) is 3.84. The highest BCUT2D eigenvalue weighted by molar-refractivity contribution is 5.89. The van der Waals surface area contributed by atoms with Gasteiger partial charge in [0.25, 0.3) is 0 Å². The molecule has 1 aromatic carbocycles. The maximum absolute atomic E-state index is 11.7. The van der Waals surface area contributed by atoms with Gasteiger partial charge in [0.1, 0.15) is 5.82 Å². The van der Waals surface area contributed by atoms with Crippen LogP contribution in [0.2, 0.25) is 0 Å². The van der Waals surface area contributed by atoms with Crippen LogP contribution >= 0.6 is 0 Å². The lowest BCUT2D eigenvalue weighted by Gasteiger charge is -2.35. The van der Waals surface area contributed by atoms with E-state index >= 15 is 0 Å². The highest BCUT2D eigenvalue weighted by Gasteiger charge is 2.26. The van der Waals surface area contributed by atoms with Gasteiger partial charge in [-0.1, -0.05) is 30.3 Å². The molecule has 3 rings (SSSR count). The van der Waals surface area contributed by atoms with Crippen LogP contribution in [0.5, 0.6) is 0 Å². The number of nitrogens with zero attached hydrogens (tertiary/aromatic N) is 2. The molecule has 0 spiro atoms. The number of hydrogen-bond acceptors (Lipinski definition) is 5. The molecular formula is C20H24N2O3. The first kappa shape index (κ1) is 17.4. The first-order valence-electron chi connectivity index (χ1n) is 8.80. The van der Waals surface area contributed by atoms with E-state index in [9.17, 15) is 9.90 Å². The summed E-state index contributed by atoms with van der Waals surface area (Å²) in [5, 5.41) is 10.6. The van der Waals surface area contributed by atoms with E-state index in [0.717, 1.165) is 37.3 Å². The Balaban J connectivity index is 1.58. The zero-order valence-electron chi connectivity index (χ0n) is 14.5. The van der Waals surface area contributed by atoms with E-state index < -0.39 is 6.10 Å². The van der Waals surface area contributed by atoms with E-state index in [2.05, 4.69) is 9.88 Å². The molecule has 1 aliphatic rings. The lowest BCUT2D eigenvalue weighted by molar-refractivity contribution is 0.0526. The topological polar surface area (TPSA) is 62.7 Å². The second-order valence-electron chi connectivity index (χ2n) is 6.31. The van der Waals surface area contributed by atoms with E-state index in [1.165, 1.54) is 0 Å². The summed E-state index contributed by atoms with van der Waals surface area (Å²) in [5.41, 5.74) is 1.46. The molecular weight excluding hydrogens is 316 g/mol. The van der Waals surface area contributed by atoms with Gasteiger partial charge in [0.05, 0.1) is 18.3 Å². The summed E-state index contributed by atoms with van der Waals surface area (Å²) >= 11 is 0. The van der Waals surface area contributed by atoms with E-state index in [4.69, 9.17) is 4.74 Å². The molecule has 0 aliphatic carbocycles. The molecule has 1 saturated heterocycles. The average Bonchev–Trinajstić information content (AvgIpc) is 2.68. The number of aromatic nitrogens is 1. The Kier molecular flexibility index (Phi) is 5.66. The SMILES string of the molecule is CCOC(=O)c1ccc(N2CCC([C@@H](O)c3ccccc3)CC2)nc1. The number of hydrogen-bond donors (Lipinski definition) is 1. The minimum atomic E-state index is -0.414. The molecule has 1 N–H and O–H groups in total. The van der Waals surface area contributed by atoms with Crippen molar-refractivity contribution in [3.63, 3.8) is 0 Å². The second-order valence-corrected chi connectivity index (χ2v) is 6.31. The molecule has 0 radical (unpaired) electrons. The molecule has 132 valence electrons. The van der Waals surface area contributed by atoms with Crippen molar-refractivity contribution in [3.05, 3.63) is 59.8 Å². The summed E-state index contributed by atoms with van der Waals surface area (Å²) in [6.07, 6.45) is 2.98. The molecule has 0 unspecified atom stereocenters. The van der Waals surface area contributed by atoms with Crippen LogP contribution in [0.4, 0.5) is 5.82 Å². The zero-order valence-corrected chi connectivity index (χ0v) is 14.5. The first-order chi connectivity index (χ1) is 12.2. The Morgan fingerprint density at radius 2 is 1.96 bits per heavy atom. The number of benzene rings is 1. The van der Waals surface area contributed by atoms with Crippen LogP contribution < -0.4 is 4.90 Å². The second kappa shape index (κ2) is 8.12. The predicted octanol–water partition coefficient (Wildman–Crippen LogP) is 3.21. The van der Waals surface area contributed by atoms with E-state index in [1.807, 2.05) is 36.4 Å². The Hall–Kier alpha value is -2.40. The van der Waals surface area contributed by atoms with Crippen molar-refractivity contribution in [1.29, 1.82) is 0 Å². The quantitative estimate of drug-likeness (QED) is 0.847. The lowest BCUT2D eigenvalue weighted by atomic mass is 9.87. The molecule has 5 heteroatoms. The monoisotopic (exact) mass is 340 g/mol. The maximum atomic E-state index is 11.7. The van der Waals surface area contributed by atoms with Gasteiger partial charge in [-0.05, 0) is 43.4 Å². The summed E-state index contributed by atoms with van der Waals surface area (Å²) < 4.78 is 4.98. The number of aliphatic hydroxyl groups excluding tert-OH is 1. The Bertz CT molecular complexity index is 680. The fourth-order valence-electron chi connectivity index (χ4n) is 3.27. The van der Waals surface area contributed by atoms with Gasteiger partial charge in [-0.25, -0.2) is 9.78 Å². The number of piperidine rings is 1. The van der Waals surface area contributed by atoms with Crippen molar-refractivity contribution < 1.29 is 14.6 Å². The third kappa shape index (κ3) is 4.17. The number of carbonyl (C=O) groups excluding carboxylic acids is 1. The van der Waals surface area contributed by atoms with Crippen molar-refractivity contribution in [2.24, 2.45) is 5.92 Å². The van der Waals surface area contributed by atoms with Crippen molar-refractivity contribution in [1.82, 2.24) is 4.98 Å². The fraction of sp³-hybridized carbons (Fsp3) is 0.400. The van der Waals surface area contributed by atoms with Crippen LogP contribution in [-0.4, -0.2) is 35.8 Å². The number of aliphatic hydroxyl groups is 1. The average molecular weight is 340 g/mol. The standard InChI is InChI=1S/C20H24N2O3/c1-2-25-20(24)17-8-9-18(21-14-17)22-12-10-16(11-13-22)19(23)15-6-4-3-5-7-15/h3-9,14,16,19,23H,2,10-13H2,1H3/t19-/m0/s1. The normalized spacial score (nSPS) is 16.5. The summed E-state index contributed by atoms with van der Waals surface area (Å²) in [5.74, 6) is 0.782. The molecule has 2 heterocycles. The predicted molar refractivity (Wildman–Crippen MR) is 96.5 cm³/mol. The maximum Gasteiger partial charge on any atom is 0.339 e. The number of ether oxygens (including phenoxy) is 1. The molecule has 5 nitrogen and oxygen atoms in total. The van der Waals surface area contributed by atoms with Gasteiger partial charge in [-0.2, -0.15) is 0 Å². The van der Waals surface area contributed by atoms with Gasteiger partial charge in [0.15, 0.2) is 0 Å². The van der Waals surface area contributed by atoms with E-state index in [0.29, 0.717) is 12.2 Å². The number of anilines is 1. The molecule has 0 bridgehead atoms. The molecule has 1 aliphatic heterocycles. The Morgan fingerprint density at radius 1 is 1.24 bits per heavy atom. The van der Waals surface area contributed by atoms with Crippen LogP contribution in [0.25, 0.3) is 0 Å². The summed E-state index contributed by atoms with van der Waals surface area (Å²) in [6, 6.07) is 13.5. The van der Waals surface area contributed by atoms with Gasteiger partial charge >= 0.3 is 5.97 Å². The summed E-state index contributed by atoms with van der Waals surface area (Å²) in [7, 11) is 0. The Labute approximate surface area is 148 Å². The third-order valence-corrected chi connectivity index (χ3v) is 4.71. The molecule has 1 fully saturated rings. The Morgan fingerprint density at radius 3 is 2.56 bits per heavy atom. The van der Waals surface area contributed by atoms with Crippen LogP contribution in [0, 0.1) is 5.92 Å². The number of carbonyl (C=O) groups is 1. The molecule has 0 amide bonds. The van der Waals surface area contributed by atoms with Gasteiger partial charge in [-0.3, -0.25) is 0 Å². The van der Waals surface area contributed by atoms with E-state index in [-0.39, 0.29) is 11.9 Å². The highest BCUT2D eigenvalue weighted by Crippen LogP contribution is 2.31. The van der Waals surface area contributed by atoms with Gasteiger partial charge < -0.3 is 14.7 Å². The molecule has 0 saturated carbocycles. The van der Waals surface area contributed by atoms with Crippen LogP contribution in [0.3, 0.4) is 0 Å². The molecule has 2 aromatic rings. The zero-order chi connectivity index (χ0) is 17.6. The van der Waals surface area contributed by atoms with Gasteiger partial charge in [0.2, 0.25) is 0 Å². The first-order valence-corrected chi connectivity index (χ1v) is 8.80. The fourth-order valence-corrected chi connectivity index (χ4v) is 3.27. The minimum absolute atomic E-state index is 0.262. The van der Waals surface area contributed by atoms with Crippen molar-refractivity contribution in [3.8, 4) is 0 Å². The van der Waals surface area contributed by atoms with Gasteiger partial charge in [0, 0.05) is 19.3 Å². The molecule has 1 aromatic heterocycles. The largest absolute Gasteiger partial charge is 0.462 e. The molecule has 1 atom stereocenters. The van der Waals surface area contributed by atoms with Crippen molar-refractivity contribution >= 4 is 11.8 Å². The van der Waals surface area contributed by atoms with Crippen LogP contribution in [-0.2, 0) is 4.74 Å². The van der Waals surface area contributed by atoms with Crippen molar-refractivity contribution in [2.45, 2.75) is 25.9 Å². The van der Waals surface area contributed by atoms with Gasteiger partial charge in [-0.15, -0.1) is 0 Å². The highest BCUT2D eigenvalue weighted by atomic mass is 16.5.